The van der Waals surface area contributed by atoms with Crippen LogP contribution >= 0.6 is 0 Å². The summed E-state index contributed by atoms with van der Waals surface area (Å²) in [5, 5.41) is 11.7. The number of terminal acetylenes is 1. The lowest BCUT2D eigenvalue weighted by Gasteiger charge is -2.25. The number of nitrogens with one attached hydrogen (secondary N) is 1. The van der Waals surface area contributed by atoms with E-state index in [-0.39, 0.29) is 17.7 Å². The molecule has 0 radical (unpaired) electrons. The third kappa shape index (κ3) is 4.48. The second kappa shape index (κ2) is 6.95. The Morgan fingerprint density at radius 2 is 1.82 bits per heavy atom. The average Bonchev–Trinajstić information content (AvgIpc) is 2.34. The van der Waals surface area contributed by atoms with E-state index in [1.807, 2.05) is 0 Å². The molecule has 17 heavy (non-hydrogen) atoms. The van der Waals surface area contributed by atoms with Crippen molar-refractivity contribution in [3.63, 3.8) is 0 Å². The van der Waals surface area contributed by atoms with Gasteiger partial charge in [-0.3, -0.25) is 9.59 Å². The van der Waals surface area contributed by atoms with Crippen molar-refractivity contribution in [2.75, 3.05) is 6.54 Å². The second-order valence-electron chi connectivity index (χ2n) is 4.49. The Morgan fingerprint density at radius 3 is 2.35 bits per heavy atom. The van der Waals surface area contributed by atoms with Gasteiger partial charge in [0.2, 0.25) is 5.91 Å². The van der Waals surface area contributed by atoms with E-state index in [0.29, 0.717) is 38.6 Å². The highest BCUT2D eigenvalue weighted by atomic mass is 16.4. The van der Waals surface area contributed by atoms with Gasteiger partial charge in [-0.05, 0) is 32.1 Å². The van der Waals surface area contributed by atoms with Gasteiger partial charge in [0, 0.05) is 18.9 Å². The highest BCUT2D eigenvalue weighted by Gasteiger charge is 2.29. The Morgan fingerprint density at radius 1 is 1.24 bits per heavy atom. The topological polar surface area (TPSA) is 66.4 Å². The van der Waals surface area contributed by atoms with Crippen LogP contribution in [0.1, 0.15) is 38.5 Å². The van der Waals surface area contributed by atoms with Gasteiger partial charge in [-0.25, -0.2) is 0 Å². The summed E-state index contributed by atoms with van der Waals surface area (Å²) in [5.41, 5.74) is 0. The molecule has 0 aromatic rings. The van der Waals surface area contributed by atoms with E-state index < -0.39 is 5.97 Å². The molecule has 1 amide bonds. The molecule has 4 nitrogen and oxygen atoms in total. The SMILES string of the molecule is C#CCCCNC(=O)C1CCC(C(=O)O)CC1. The van der Waals surface area contributed by atoms with Crippen molar-refractivity contribution >= 4 is 11.9 Å². The average molecular weight is 237 g/mol. The molecule has 4 heteroatoms. The van der Waals surface area contributed by atoms with Crippen LogP contribution in [0.15, 0.2) is 0 Å². The van der Waals surface area contributed by atoms with Crippen molar-refractivity contribution in [1.82, 2.24) is 5.32 Å². The fraction of sp³-hybridized carbons (Fsp3) is 0.692. The van der Waals surface area contributed by atoms with Gasteiger partial charge in [0.1, 0.15) is 0 Å². The Hall–Kier alpha value is -1.50. The number of carbonyl (C=O) groups excluding carboxylic acids is 1. The molecule has 1 saturated carbocycles. The second-order valence-corrected chi connectivity index (χ2v) is 4.49. The lowest BCUT2D eigenvalue weighted by atomic mass is 9.81. The van der Waals surface area contributed by atoms with Gasteiger partial charge in [0.05, 0.1) is 5.92 Å². The molecule has 0 unspecified atom stereocenters. The molecule has 1 aliphatic rings. The van der Waals surface area contributed by atoms with Crippen molar-refractivity contribution < 1.29 is 14.7 Å². The molecule has 0 aliphatic heterocycles. The minimum Gasteiger partial charge on any atom is -0.481 e. The largest absolute Gasteiger partial charge is 0.481 e. The van der Waals surface area contributed by atoms with Crippen LogP contribution in [0.4, 0.5) is 0 Å². The van der Waals surface area contributed by atoms with E-state index in [4.69, 9.17) is 11.5 Å². The van der Waals surface area contributed by atoms with Gasteiger partial charge >= 0.3 is 5.97 Å². The van der Waals surface area contributed by atoms with Gasteiger partial charge in [-0.15, -0.1) is 12.3 Å². The molecule has 0 spiro atoms. The highest BCUT2D eigenvalue weighted by Crippen LogP contribution is 2.28. The quantitative estimate of drug-likeness (QED) is 0.561. The van der Waals surface area contributed by atoms with Crippen molar-refractivity contribution in [3.8, 4) is 12.3 Å². The highest BCUT2D eigenvalue weighted by molar-refractivity contribution is 5.79. The lowest BCUT2D eigenvalue weighted by molar-refractivity contribution is -0.144. The Bertz CT molecular complexity index is 311. The van der Waals surface area contributed by atoms with Crippen LogP contribution in [0, 0.1) is 24.2 Å². The van der Waals surface area contributed by atoms with Gasteiger partial charge in [-0.1, -0.05) is 0 Å². The maximum absolute atomic E-state index is 11.7. The van der Waals surface area contributed by atoms with Gasteiger partial charge in [0.15, 0.2) is 0 Å². The number of carboxylic acid groups (broad SMARTS) is 1. The van der Waals surface area contributed by atoms with Gasteiger partial charge in [-0.2, -0.15) is 0 Å². The first-order valence-corrected chi connectivity index (χ1v) is 6.09. The van der Waals surface area contributed by atoms with Crippen LogP contribution in [-0.4, -0.2) is 23.5 Å². The molecular formula is C13H19NO3. The number of rotatable bonds is 5. The zero-order chi connectivity index (χ0) is 12.7. The minimum absolute atomic E-state index is 0.0172. The minimum atomic E-state index is -0.738. The van der Waals surface area contributed by atoms with E-state index >= 15 is 0 Å². The lowest BCUT2D eigenvalue weighted by Crippen LogP contribution is -2.34. The summed E-state index contributed by atoms with van der Waals surface area (Å²) < 4.78 is 0. The third-order valence-electron chi connectivity index (χ3n) is 3.24. The monoisotopic (exact) mass is 237 g/mol. The van der Waals surface area contributed by atoms with Crippen LogP contribution in [0.3, 0.4) is 0 Å². The smallest absolute Gasteiger partial charge is 0.306 e. The zero-order valence-electron chi connectivity index (χ0n) is 9.95. The number of carbonyl (C=O) groups is 2. The Labute approximate surface area is 102 Å². The molecule has 0 aromatic heterocycles. The summed E-state index contributed by atoms with van der Waals surface area (Å²) in [4.78, 5) is 22.5. The third-order valence-corrected chi connectivity index (χ3v) is 3.24. The van der Waals surface area contributed by atoms with Crippen LogP contribution in [0.25, 0.3) is 0 Å². The van der Waals surface area contributed by atoms with Crippen LogP contribution in [0.5, 0.6) is 0 Å². The molecule has 1 aliphatic carbocycles. The zero-order valence-corrected chi connectivity index (χ0v) is 9.95. The fourth-order valence-electron chi connectivity index (χ4n) is 2.15. The number of hydrogen-bond donors (Lipinski definition) is 2. The van der Waals surface area contributed by atoms with E-state index in [1.165, 1.54) is 0 Å². The summed E-state index contributed by atoms with van der Waals surface area (Å²) in [6.07, 6.45) is 9.16. The van der Waals surface area contributed by atoms with Crippen molar-refractivity contribution in [1.29, 1.82) is 0 Å². The molecule has 2 N–H and O–H groups in total. The number of unbranched alkanes of at least 4 members (excludes halogenated alkanes) is 1. The van der Waals surface area contributed by atoms with Crippen LogP contribution < -0.4 is 5.32 Å². The van der Waals surface area contributed by atoms with Crippen molar-refractivity contribution in [3.05, 3.63) is 0 Å². The summed E-state index contributed by atoms with van der Waals surface area (Å²) >= 11 is 0. The molecule has 0 saturated heterocycles. The summed E-state index contributed by atoms with van der Waals surface area (Å²) in [7, 11) is 0. The molecule has 0 heterocycles. The molecule has 1 fully saturated rings. The van der Waals surface area contributed by atoms with Crippen LogP contribution in [-0.2, 0) is 9.59 Å². The number of amides is 1. The van der Waals surface area contributed by atoms with Crippen molar-refractivity contribution in [2.45, 2.75) is 38.5 Å². The first kappa shape index (κ1) is 13.6. The normalized spacial score (nSPS) is 23.7. The molecule has 0 aromatic carbocycles. The van der Waals surface area contributed by atoms with Crippen LogP contribution in [0.2, 0.25) is 0 Å². The Balaban J connectivity index is 2.22. The maximum atomic E-state index is 11.7. The standard InChI is InChI=1S/C13H19NO3/c1-2-3-4-9-14-12(15)10-5-7-11(8-6-10)13(16)17/h1,10-11H,3-9H2,(H,14,15)(H,16,17). The molecule has 0 bridgehead atoms. The number of aliphatic carboxylic acids is 1. The van der Waals surface area contributed by atoms with E-state index in [0.717, 1.165) is 6.42 Å². The fourth-order valence-corrected chi connectivity index (χ4v) is 2.15. The van der Waals surface area contributed by atoms with E-state index in [2.05, 4.69) is 11.2 Å². The van der Waals surface area contributed by atoms with E-state index in [9.17, 15) is 9.59 Å². The van der Waals surface area contributed by atoms with Gasteiger partial charge in [0.25, 0.3) is 0 Å². The van der Waals surface area contributed by atoms with Crippen molar-refractivity contribution in [2.24, 2.45) is 11.8 Å². The van der Waals surface area contributed by atoms with E-state index in [1.54, 1.807) is 0 Å². The Kier molecular flexibility index (Phi) is 5.55. The summed E-state index contributed by atoms with van der Waals surface area (Å²) in [6, 6.07) is 0. The molecular weight excluding hydrogens is 218 g/mol. The van der Waals surface area contributed by atoms with Gasteiger partial charge < -0.3 is 10.4 Å². The molecule has 0 atom stereocenters. The molecule has 1 rings (SSSR count). The summed E-state index contributed by atoms with van der Waals surface area (Å²) in [6.45, 7) is 0.613. The predicted octanol–water partition coefficient (Wildman–Crippen LogP) is 1.41. The first-order valence-electron chi connectivity index (χ1n) is 6.09. The molecule has 94 valence electrons. The summed E-state index contributed by atoms with van der Waals surface area (Å²) in [5.74, 6) is 1.55. The number of carboxylic acids is 1. The maximum Gasteiger partial charge on any atom is 0.306 e. The predicted molar refractivity (Wildman–Crippen MR) is 64.2 cm³/mol. The number of hydrogen-bond acceptors (Lipinski definition) is 2. The first-order chi connectivity index (χ1) is 8.15.